The Kier molecular flexibility index (Phi) is 18.9. The third-order valence-corrected chi connectivity index (χ3v) is 8.40. The van der Waals surface area contributed by atoms with Gasteiger partial charge in [0.25, 0.3) is 0 Å². The first-order valence-corrected chi connectivity index (χ1v) is 19.7. The number of hydrogen-bond donors (Lipinski definition) is 2. The Balaban J connectivity index is 0.000000317. The maximum atomic E-state index is 12.2. The second-order valence-corrected chi connectivity index (χ2v) is 15.4. The predicted molar refractivity (Wildman–Crippen MR) is 212 cm³/mol. The number of nitrogens with zero attached hydrogens (tertiary/aromatic N) is 6. The molecule has 2 N–H and O–H groups in total. The highest BCUT2D eigenvalue weighted by Crippen LogP contribution is 2.18. The zero-order valence-corrected chi connectivity index (χ0v) is 35.3. The van der Waals surface area contributed by atoms with Crippen LogP contribution < -0.4 is 9.47 Å². The molecule has 0 atom stereocenters. The maximum absolute atomic E-state index is 12.2. The minimum atomic E-state index is -0.637. The van der Waals surface area contributed by atoms with Crippen LogP contribution in [0.25, 0.3) is 0 Å². The van der Waals surface area contributed by atoms with Crippen molar-refractivity contribution in [3.05, 3.63) is 47.0 Å². The van der Waals surface area contributed by atoms with Crippen molar-refractivity contribution in [2.75, 3.05) is 91.9 Å². The van der Waals surface area contributed by atoms with E-state index in [1.165, 1.54) is 12.1 Å². The third-order valence-electron chi connectivity index (χ3n) is 8.40. The van der Waals surface area contributed by atoms with Crippen LogP contribution in [0.15, 0.2) is 24.3 Å². The van der Waals surface area contributed by atoms with Gasteiger partial charge in [0.1, 0.15) is 35.9 Å². The van der Waals surface area contributed by atoms with Gasteiger partial charge in [-0.3, -0.25) is 14.8 Å². The molecule has 2 saturated heterocycles. The average Bonchev–Trinajstić information content (AvgIpc) is 3.17. The molecule has 18 heteroatoms. The van der Waals surface area contributed by atoms with Crippen molar-refractivity contribution in [2.24, 2.45) is 0 Å². The van der Waals surface area contributed by atoms with Crippen molar-refractivity contribution in [3.63, 3.8) is 0 Å². The van der Waals surface area contributed by atoms with Crippen LogP contribution in [0, 0.1) is 0 Å². The van der Waals surface area contributed by atoms with Crippen LogP contribution in [0.4, 0.5) is 9.59 Å². The Bertz CT molecular complexity index is 1570. The first kappa shape index (κ1) is 47.6. The van der Waals surface area contributed by atoms with E-state index in [4.69, 9.17) is 28.4 Å². The second-order valence-electron chi connectivity index (χ2n) is 15.4. The molecule has 324 valence electrons. The normalized spacial score (nSPS) is 15.1. The lowest BCUT2D eigenvalue weighted by Gasteiger charge is -2.35. The second kappa shape index (κ2) is 23.0. The molecule has 0 aromatic carbocycles. The molecule has 2 aliphatic rings. The Morgan fingerprint density at radius 1 is 0.586 bits per heavy atom. The lowest BCUT2D eigenvalue weighted by Crippen LogP contribution is -2.50. The van der Waals surface area contributed by atoms with Crippen LogP contribution in [-0.2, 0) is 32.2 Å². The van der Waals surface area contributed by atoms with Crippen molar-refractivity contribution in [3.8, 4) is 11.5 Å². The maximum Gasteiger partial charge on any atom is 0.410 e. The zero-order valence-electron chi connectivity index (χ0n) is 35.3. The Hall–Kier alpha value is -4.78. The van der Waals surface area contributed by atoms with E-state index in [1.807, 2.05) is 41.5 Å². The van der Waals surface area contributed by atoms with E-state index in [-0.39, 0.29) is 50.0 Å². The largest absolute Gasteiger partial charge is 0.492 e. The number of pyridine rings is 2. The van der Waals surface area contributed by atoms with E-state index in [9.17, 15) is 29.4 Å². The van der Waals surface area contributed by atoms with Gasteiger partial charge in [0.05, 0.1) is 37.8 Å². The first-order valence-electron chi connectivity index (χ1n) is 19.7. The average molecular weight is 819 g/mol. The van der Waals surface area contributed by atoms with Gasteiger partial charge < -0.3 is 48.4 Å². The molecule has 18 nitrogen and oxygen atoms in total. The minimum absolute atomic E-state index is 0.0154. The highest BCUT2D eigenvalue weighted by molar-refractivity contribution is 5.92. The Morgan fingerprint density at radius 2 is 0.948 bits per heavy atom. The Labute approximate surface area is 341 Å². The number of carbonyl (C=O) groups excluding carboxylic acids is 4. The molecule has 2 amide bonds. The van der Waals surface area contributed by atoms with Crippen molar-refractivity contribution >= 4 is 24.1 Å². The zero-order chi connectivity index (χ0) is 42.9. The van der Waals surface area contributed by atoms with Crippen LogP contribution in [-0.4, -0.2) is 167 Å². The molecule has 0 saturated carbocycles. The molecule has 0 radical (unpaired) electrons. The van der Waals surface area contributed by atoms with Gasteiger partial charge in [0.15, 0.2) is 11.4 Å². The molecular weight excluding hydrogens is 756 g/mol. The number of rotatable bonds is 14. The summed E-state index contributed by atoms with van der Waals surface area (Å²) in [5.74, 6) is -0.359. The van der Waals surface area contributed by atoms with Gasteiger partial charge in [-0.1, -0.05) is 0 Å². The monoisotopic (exact) mass is 818 g/mol. The fourth-order valence-electron chi connectivity index (χ4n) is 5.62. The van der Waals surface area contributed by atoms with Crippen molar-refractivity contribution in [1.82, 2.24) is 29.6 Å². The van der Waals surface area contributed by atoms with Gasteiger partial charge in [-0.2, -0.15) is 0 Å². The van der Waals surface area contributed by atoms with E-state index in [0.29, 0.717) is 81.9 Å². The fourth-order valence-corrected chi connectivity index (χ4v) is 5.62. The molecular formula is C40H62N6O12. The van der Waals surface area contributed by atoms with E-state index >= 15 is 0 Å². The molecule has 4 rings (SSSR count). The van der Waals surface area contributed by atoms with Crippen molar-refractivity contribution < 1.29 is 57.8 Å². The molecule has 58 heavy (non-hydrogen) atoms. The number of hydrogen-bond acceptors (Lipinski definition) is 16. The van der Waals surface area contributed by atoms with Crippen LogP contribution in [0.5, 0.6) is 11.5 Å². The summed E-state index contributed by atoms with van der Waals surface area (Å²) in [5.41, 5.74) is -0.0861. The molecule has 2 aliphatic heterocycles. The van der Waals surface area contributed by atoms with E-state index in [0.717, 1.165) is 19.6 Å². The number of carbonyl (C=O) groups is 4. The first-order chi connectivity index (χ1) is 27.4. The van der Waals surface area contributed by atoms with Gasteiger partial charge in [-0.25, -0.2) is 24.2 Å². The van der Waals surface area contributed by atoms with Crippen molar-refractivity contribution in [2.45, 2.75) is 79.8 Å². The van der Waals surface area contributed by atoms with E-state index in [1.54, 1.807) is 35.8 Å². The number of aromatic nitrogens is 2. The van der Waals surface area contributed by atoms with Gasteiger partial charge >= 0.3 is 24.1 Å². The summed E-state index contributed by atoms with van der Waals surface area (Å²) in [4.78, 5) is 64.3. The van der Waals surface area contributed by atoms with Crippen LogP contribution >= 0.6 is 0 Å². The number of esters is 2. The molecule has 0 aliphatic carbocycles. The highest BCUT2D eigenvalue weighted by atomic mass is 16.6. The lowest BCUT2D eigenvalue weighted by molar-refractivity contribution is 0.0127. The lowest BCUT2D eigenvalue weighted by atomic mass is 10.2. The van der Waals surface area contributed by atoms with Gasteiger partial charge in [-0.15, -0.1) is 0 Å². The summed E-state index contributed by atoms with van der Waals surface area (Å²) in [6, 6.07) is 6.22. The number of aliphatic hydroxyl groups excluding tert-OH is 2. The van der Waals surface area contributed by atoms with Crippen LogP contribution in [0.2, 0.25) is 0 Å². The molecule has 0 bridgehead atoms. The van der Waals surface area contributed by atoms with Gasteiger partial charge in [0.2, 0.25) is 0 Å². The van der Waals surface area contributed by atoms with Crippen LogP contribution in [0.3, 0.4) is 0 Å². The number of aliphatic hydroxyl groups is 2. The van der Waals surface area contributed by atoms with Crippen molar-refractivity contribution in [1.29, 1.82) is 0 Å². The smallest absolute Gasteiger partial charge is 0.410 e. The summed E-state index contributed by atoms with van der Waals surface area (Å²) in [5, 5.41) is 18.4. The third kappa shape index (κ3) is 17.0. The quantitative estimate of drug-likeness (QED) is 0.207. The highest BCUT2D eigenvalue weighted by Gasteiger charge is 2.27. The standard InChI is InChI=1S/C22H33N3O7.C18H29N3O5/c1-6-29-19(26)17-14-16(15-18(23-17)20(27)30-7-2)31-13-12-24-8-10-25(11-9-24)21(28)32-22(3,4)5;1-18(2,3)26-17(24)21-6-4-20(5-7-21)8-9-25-16-10-14(12-22)19-15(11-16)13-23/h14-15H,6-13H2,1-5H3;10-11,22-23H,4-9,12-13H2,1-3H3. The number of piperazine rings is 2. The fraction of sp³-hybridized carbons (Fsp3) is 0.650. The summed E-state index contributed by atoms with van der Waals surface area (Å²) < 4.78 is 32.3. The topological polar surface area (TPSA) is 203 Å². The minimum Gasteiger partial charge on any atom is -0.492 e. The molecule has 0 spiro atoms. The summed E-state index contributed by atoms with van der Waals surface area (Å²) in [6.45, 7) is 22.0. The van der Waals surface area contributed by atoms with E-state index in [2.05, 4.69) is 19.8 Å². The van der Waals surface area contributed by atoms with Crippen LogP contribution in [0.1, 0.15) is 87.8 Å². The number of amides is 2. The molecule has 0 unspecified atom stereocenters. The van der Waals surface area contributed by atoms with Gasteiger partial charge in [0, 0.05) is 89.7 Å². The predicted octanol–water partition coefficient (Wildman–Crippen LogP) is 3.36. The SMILES string of the molecule is CC(C)(C)OC(=O)N1CCN(CCOc2cc(CO)nc(CO)c2)CC1.CCOC(=O)c1cc(OCCN2CCN(C(=O)OC(C)(C)C)CC2)cc(C(=O)OCC)n1. The number of ether oxygens (including phenoxy) is 6. The molecule has 2 aromatic rings. The van der Waals surface area contributed by atoms with E-state index < -0.39 is 23.1 Å². The van der Waals surface area contributed by atoms with Gasteiger partial charge in [-0.05, 0) is 55.4 Å². The molecule has 2 fully saturated rings. The molecule has 4 heterocycles. The summed E-state index contributed by atoms with van der Waals surface area (Å²) >= 11 is 0. The summed E-state index contributed by atoms with van der Waals surface area (Å²) in [6.07, 6.45) is -0.568. The summed E-state index contributed by atoms with van der Waals surface area (Å²) in [7, 11) is 0. The Morgan fingerprint density at radius 3 is 1.28 bits per heavy atom. The molecule has 2 aromatic heterocycles.